The monoisotopic (exact) mass is 199 g/mol. The molecule has 2 aliphatic rings. The molecule has 1 amide bonds. The maximum atomic E-state index is 12.2. The van der Waals surface area contributed by atoms with E-state index in [4.69, 9.17) is 0 Å². The van der Waals surface area contributed by atoms with Crippen molar-refractivity contribution in [1.82, 2.24) is 0 Å². The first-order valence-corrected chi connectivity index (χ1v) is 5.19. The predicted octanol–water partition coefficient (Wildman–Crippen LogP) is 2.25. The molecular formula is C13H13NO. The molecule has 1 aromatic carbocycles. The first-order chi connectivity index (χ1) is 7.15. The summed E-state index contributed by atoms with van der Waals surface area (Å²) in [6, 6.07) is 8.08. The Bertz CT molecular complexity index is 467. The van der Waals surface area contributed by atoms with E-state index in [0.717, 1.165) is 18.5 Å². The molecule has 1 heterocycles. The smallest absolute Gasteiger partial charge is 0.238 e. The number of para-hydroxylation sites is 1. The molecule has 1 aromatic rings. The van der Waals surface area contributed by atoms with Crippen molar-refractivity contribution in [2.75, 3.05) is 11.9 Å². The van der Waals surface area contributed by atoms with E-state index in [1.807, 2.05) is 25.2 Å². The second-order valence-electron chi connectivity index (χ2n) is 4.57. The number of anilines is 1. The van der Waals surface area contributed by atoms with Crippen molar-refractivity contribution in [3.05, 3.63) is 42.0 Å². The van der Waals surface area contributed by atoms with Crippen LogP contribution < -0.4 is 4.90 Å². The van der Waals surface area contributed by atoms with E-state index in [9.17, 15) is 4.79 Å². The highest BCUT2D eigenvalue weighted by atomic mass is 16.2. The Labute approximate surface area is 89.2 Å². The van der Waals surface area contributed by atoms with Gasteiger partial charge in [0.05, 0.1) is 5.41 Å². The molecule has 76 valence electrons. The van der Waals surface area contributed by atoms with Crippen LogP contribution in [-0.2, 0) is 10.2 Å². The van der Waals surface area contributed by atoms with Crippen LogP contribution in [0.5, 0.6) is 0 Å². The number of carbonyl (C=O) groups excluding carboxylic acids is 1. The van der Waals surface area contributed by atoms with Crippen molar-refractivity contribution in [2.24, 2.45) is 0 Å². The predicted molar refractivity (Wildman–Crippen MR) is 59.9 cm³/mol. The van der Waals surface area contributed by atoms with Crippen LogP contribution in [0.2, 0.25) is 0 Å². The number of hydrogen-bond donors (Lipinski definition) is 0. The van der Waals surface area contributed by atoms with Crippen molar-refractivity contribution in [1.29, 1.82) is 0 Å². The number of benzene rings is 1. The molecule has 1 spiro atoms. The second-order valence-corrected chi connectivity index (χ2v) is 4.57. The molecule has 1 fully saturated rings. The zero-order valence-electron chi connectivity index (χ0n) is 8.79. The molecule has 15 heavy (non-hydrogen) atoms. The Balaban J connectivity index is 2.19. The van der Waals surface area contributed by atoms with E-state index in [0.29, 0.717) is 0 Å². The van der Waals surface area contributed by atoms with Gasteiger partial charge in [0.1, 0.15) is 0 Å². The minimum Gasteiger partial charge on any atom is -0.314 e. The molecule has 0 unspecified atom stereocenters. The summed E-state index contributed by atoms with van der Waals surface area (Å²) in [6.07, 6.45) is 1.65. The van der Waals surface area contributed by atoms with Crippen molar-refractivity contribution in [3.8, 4) is 0 Å². The summed E-state index contributed by atoms with van der Waals surface area (Å²) < 4.78 is 0. The minimum atomic E-state index is -0.261. The van der Waals surface area contributed by atoms with Crippen LogP contribution in [0.4, 0.5) is 5.69 Å². The summed E-state index contributed by atoms with van der Waals surface area (Å²) in [6.45, 7) is 3.94. The fraction of sp³-hybridized carbons (Fsp3) is 0.308. The van der Waals surface area contributed by atoms with Gasteiger partial charge in [0.25, 0.3) is 0 Å². The Hall–Kier alpha value is -1.57. The number of allylic oxidation sites excluding steroid dienone is 1. The van der Waals surface area contributed by atoms with Crippen LogP contribution >= 0.6 is 0 Å². The highest BCUT2D eigenvalue weighted by molar-refractivity contribution is 6.09. The van der Waals surface area contributed by atoms with Crippen molar-refractivity contribution >= 4 is 11.6 Å². The zero-order valence-corrected chi connectivity index (χ0v) is 8.79. The van der Waals surface area contributed by atoms with Gasteiger partial charge >= 0.3 is 0 Å². The van der Waals surface area contributed by atoms with Crippen molar-refractivity contribution in [3.63, 3.8) is 0 Å². The molecule has 0 saturated heterocycles. The van der Waals surface area contributed by atoms with Gasteiger partial charge in [-0.05, 0) is 24.5 Å². The number of amides is 1. The number of fused-ring (bicyclic) bond motifs is 2. The van der Waals surface area contributed by atoms with E-state index in [-0.39, 0.29) is 11.3 Å². The third-order valence-corrected chi connectivity index (χ3v) is 3.60. The van der Waals surface area contributed by atoms with E-state index >= 15 is 0 Å². The quantitative estimate of drug-likeness (QED) is 0.587. The number of rotatable bonds is 0. The lowest BCUT2D eigenvalue weighted by atomic mass is 9.63. The van der Waals surface area contributed by atoms with Crippen molar-refractivity contribution < 1.29 is 4.79 Å². The van der Waals surface area contributed by atoms with Gasteiger partial charge < -0.3 is 4.90 Å². The molecular weight excluding hydrogens is 186 g/mol. The van der Waals surface area contributed by atoms with Crippen LogP contribution in [-0.4, -0.2) is 13.0 Å². The number of hydrogen-bond acceptors (Lipinski definition) is 1. The molecule has 0 N–H and O–H groups in total. The summed E-state index contributed by atoms with van der Waals surface area (Å²) in [7, 11) is 1.86. The average Bonchev–Trinajstić information content (AvgIpc) is 2.42. The lowest BCUT2D eigenvalue weighted by Gasteiger charge is -2.38. The van der Waals surface area contributed by atoms with Gasteiger partial charge in [-0.1, -0.05) is 30.4 Å². The highest BCUT2D eigenvalue weighted by Gasteiger charge is 2.54. The summed E-state index contributed by atoms with van der Waals surface area (Å²) >= 11 is 0. The molecule has 1 aliphatic carbocycles. The fourth-order valence-electron chi connectivity index (χ4n) is 2.86. The van der Waals surface area contributed by atoms with Crippen LogP contribution in [0.1, 0.15) is 18.4 Å². The van der Waals surface area contributed by atoms with Gasteiger partial charge in [0.15, 0.2) is 0 Å². The average molecular weight is 199 g/mol. The fourth-order valence-corrected chi connectivity index (χ4v) is 2.86. The maximum absolute atomic E-state index is 12.2. The van der Waals surface area contributed by atoms with Crippen molar-refractivity contribution in [2.45, 2.75) is 18.3 Å². The standard InChI is InChI=1S/C13H13NO/c1-9-7-13(8-9)10-5-3-4-6-11(10)14(2)12(13)15/h3-6H,1,7-8H2,2H3. The highest BCUT2D eigenvalue weighted by Crippen LogP contribution is 2.54. The lowest BCUT2D eigenvalue weighted by Crippen LogP contribution is -2.44. The van der Waals surface area contributed by atoms with Crippen LogP contribution in [0, 0.1) is 0 Å². The van der Waals surface area contributed by atoms with Gasteiger partial charge in [-0.15, -0.1) is 0 Å². The summed E-state index contributed by atoms with van der Waals surface area (Å²) in [5, 5.41) is 0. The number of nitrogens with zero attached hydrogens (tertiary/aromatic N) is 1. The molecule has 1 saturated carbocycles. The molecule has 0 radical (unpaired) electrons. The van der Waals surface area contributed by atoms with Gasteiger partial charge in [0.2, 0.25) is 5.91 Å². The third-order valence-electron chi connectivity index (χ3n) is 3.60. The third kappa shape index (κ3) is 0.870. The molecule has 2 heteroatoms. The molecule has 2 nitrogen and oxygen atoms in total. The zero-order chi connectivity index (χ0) is 10.6. The Morgan fingerprint density at radius 1 is 1.33 bits per heavy atom. The summed E-state index contributed by atoms with van der Waals surface area (Å²) in [5.41, 5.74) is 3.18. The first-order valence-electron chi connectivity index (χ1n) is 5.19. The molecule has 0 aromatic heterocycles. The topological polar surface area (TPSA) is 20.3 Å². The van der Waals surface area contributed by atoms with Crippen LogP contribution in [0.3, 0.4) is 0 Å². The number of likely N-dealkylation sites (N-methyl/N-ethyl adjacent to an activating group) is 1. The molecule has 0 bridgehead atoms. The molecule has 1 aliphatic heterocycles. The van der Waals surface area contributed by atoms with Gasteiger partial charge in [-0.25, -0.2) is 0 Å². The normalized spacial score (nSPS) is 21.8. The Kier molecular flexibility index (Phi) is 1.46. The SMILES string of the molecule is C=C1CC2(C1)C(=O)N(C)c1ccccc12. The van der Waals surface area contributed by atoms with E-state index in [2.05, 4.69) is 12.6 Å². The maximum Gasteiger partial charge on any atom is 0.238 e. The number of carbonyl (C=O) groups is 1. The Morgan fingerprint density at radius 2 is 2.00 bits per heavy atom. The second kappa shape index (κ2) is 2.51. The molecule has 0 atom stereocenters. The summed E-state index contributed by atoms with van der Waals surface area (Å²) in [4.78, 5) is 14.0. The van der Waals surface area contributed by atoms with E-state index in [1.54, 1.807) is 4.90 Å². The van der Waals surface area contributed by atoms with E-state index in [1.165, 1.54) is 11.1 Å². The minimum absolute atomic E-state index is 0.233. The lowest BCUT2D eigenvalue weighted by molar-refractivity contribution is -0.124. The largest absolute Gasteiger partial charge is 0.314 e. The van der Waals surface area contributed by atoms with E-state index < -0.39 is 0 Å². The van der Waals surface area contributed by atoms with Gasteiger partial charge in [-0.3, -0.25) is 4.79 Å². The summed E-state index contributed by atoms with van der Waals surface area (Å²) in [5.74, 6) is 0.233. The Morgan fingerprint density at radius 3 is 2.67 bits per heavy atom. The van der Waals surface area contributed by atoms with Crippen LogP contribution in [0.15, 0.2) is 36.4 Å². The first kappa shape index (κ1) is 8.72. The van der Waals surface area contributed by atoms with Crippen LogP contribution in [0.25, 0.3) is 0 Å². The van der Waals surface area contributed by atoms with Gasteiger partial charge in [0, 0.05) is 12.7 Å². The van der Waals surface area contributed by atoms with Gasteiger partial charge in [-0.2, -0.15) is 0 Å². The molecule has 3 rings (SSSR count).